The largest absolute Gasteiger partial charge is 0.393 e. The lowest BCUT2D eigenvalue weighted by molar-refractivity contribution is 0.0168. The Bertz CT molecular complexity index is 134. The van der Waals surface area contributed by atoms with E-state index in [9.17, 15) is 10.2 Å². The Balaban J connectivity index is 3.94. The highest BCUT2D eigenvalue weighted by atomic mass is 16.3. The van der Waals surface area contributed by atoms with Gasteiger partial charge in [-0.1, -0.05) is 40.0 Å². The molecule has 0 aromatic carbocycles. The van der Waals surface area contributed by atoms with Gasteiger partial charge < -0.3 is 10.2 Å². The molecule has 86 valence electrons. The Kier molecular flexibility index (Phi) is 7.20. The summed E-state index contributed by atoms with van der Waals surface area (Å²) in [6, 6.07) is 0. The fraction of sp³-hybridized carbons (Fsp3) is 1.00. The molecule has 2 heteroatoms. The van der Waals surface area contributed by atoms with E-state index in [1.54, 1.807) is 6.92 Å². The van der Waals surface area contributed by atoms with Crippen molar-refractivity contribution in [3.05, 3.63) is 0 Å². The molecule has 4 unspecified atom stereocenters. The van der Waals surface area contributed by atoms with Gasteiger partial charge in [0.1, 0.15) is 0 Å². The average molecular weight is 202 g/mol. The molecule has 0 fully saturated rings. The van der Waals surface area contributed by atoms with Gasteiger partial charge >= 0.3 is 0 Å². The molecule has 0 aromatic heterocycles. The Morgan fingerprint density at radius 1 is 1.07 bits per heavy atom. The van der Waals surface area contributed by atoms with Gasteiger partial charge in [0.25, 0.3) is 0 Å². The van der Waals surface area contributed by atoms with E-state index in [0.717, 1.165) is 12.8 Å². The van der Waals surface area contributed by atoms with E-state index in [2.05, 4.69) is 13.8 Å². The van der Waals surface area contributed by atoms with Crippen LogP contribution in [0.25, 0.3) is 0 Å². The lowest BCUT2D eigenvalue weighted by Crippen LogP contribution is -2.29. The molecule has 2 nitrogen and oxygen atoms in total. The van der Waals surface area contributed by atoms with Gasteiger partial charge in [0.2, 0.25) is 0 Å². The van der Waals surface area contributed by atoms with Crippen molar-refractivity contribution in [3.63, 3.8) is 0 Å². The summed E-state index contributed by atoms with van der Waals surface area (Å²) < 4.78 is 0. The molecule has 0 amide bonds. The summed E-state index contributed by atoms with van der Waals surface area (Å²) in [5.74, 6) is 0.595. The first-order valence-corrected chi connectivity index (χ1v) is 5.88. The van der Waals surface area contributed by atoms with Crippen LogP contribution in [-0.2, 0) is 0 Å². The Labute approximate surface area is 88.3 Å². The molecule has 0 saturated heterocycles. The second kappa shape index (κ2) is 7.24. The maximum Gasteiger partial charge on any atom is 0.0592 e. The van der Waals surface area contributed by atoms with Gasteiger partial charge in [0.05, 0.1) is 12.2 Å². The summed E-state index contributed by atoms with van der Waals surface area (Å²) in [5.41, 5.74) is 0. The Morgan fingerprint density at radius 2 is 1.64 bits per heavy atom. The molecule has 0 heterocycles. The van der Waals surface area contributed by atoms with Crippen LogP contribution in [0.15, 0.2) is 0 Å². The monoisotopic (exact) mass is 202 g/mol. The first-order chi connectivity index (χ1) is 6.52. The van der Waals surface area contributed by atoms with E-state index in [0.29, 0.717) is 5.92 Å². The van der Waals surface area contributed by atoms with Gasteiger partial charge in [0, 0.05) is 5.92 Å². The fourth-order valence-corrected chi connectivity index (χ4v) is 1.77. The van der Waals surface area contributed by atoms with Crippen molar-refractivity contribution in [1.82, 2.24) is 0 Å². The lowest BCUT2D eigenvalue weighted by Gasteiger charge is -2.25. The zero-order chi connectivity index (χ0) is 11.1. The standard InChI is InChI=1S/C12H26O2/c1-5-7-11(6-2)8-12(14)9(3)10(4)13/h9-14H,5-8H2,1-4H3. The van der Waals surface area contributed by atoms with Crippen LogP contribution in [0.2, 0.25) is 0 Å². The van der Waals surface area contributed by atoms with Crippen LogP contribution in [0.1, 0.15) is 53.4 Å². The SMILES string of the molecule is CCCC(CC)CC(O)C(C)C(C)O. The summed E-state index contributed by atoms with van der Waals surface area (Å²) >= 11 is 0. The highest BCUT2D eigenvalue weighted by Gasteiger charge is 2.21. The molecule has 0 saturated carbocycles. The maximum absolute atomic E-state index is 9.86. The highest BCUT2D eigenvalue weighted by Crippen LogP contribution is 2.22. The molecule has 0 aliphatic carbocycles. The predicted octanol–water partition coefficient (Wildman–Crippen LogP) is 2.58. The van der Waals surface area contributed by atoms with Gasteiger partial charge in [0.15, 0.2) is 0 Å². The summed E-state index contributed by atoms with van der Waals surface area (Å²) in [4.78, 5) is 0. The first-order valence-electron chi connectivity index (χ1n) is 5.88. The van der Waals surface area contributed by atoms with Crippen LogP contribution in [0.5, 0.6) is 0 Å². The van der Waals surface area contributed by atoms with Gasteiger partial charge in [-0.15, -0.1) is 0 Å². The van der Waals surface area contributed by atoms with Crippen LogP contribution in [-0.4, -0.2) is 22.4 Å². The average Bonchev–Trinajstić information content (AvgIpc) is 2.15. The molecule has 2 N–H and O–H groups in total. The summed E-state index contributed by atoms with van der Waals surface area (Å²) in [6.45, 7) is 8.00. The summed E-state index contributed by atoms with van der Waals surface area (Å²) in [7, 11) is 0. The molecule has 14 heavy (non-hydrogen) atoms. The van der Waals surface area contributed by atoms with E-state index >= 15 is 0 Å². The van der Waals surface area contributed by atoms with Crippen molar-refractivity contribution in [2.45, 2.75) is 65.6 Å². The predicted molar refractivity (Wildman–Crippen MR) is 60.2 cm³/mol. The number of hydrogen-bond donors (Lipinski definition) is 2. The van der Waals surface area contributed by atoms with E-state index < -0.39 is 6.10 Å². The van der Waals surface area contributed by atoms with E-state index in [-0.39, 0.29) is 12.0 Å². The molecule has 0 bridgehead atoms. The third-order valence-corrected chi connectivity index (χ3v) is 3.22. The third kappa shape index (κ3) is 4.97. The highest BCUT2D eigenvalue weighted by molar-refractivity contribution is 4.72. The topological polar surface area (TPSA) is 40.5 Å². The minimum absolute atomic E-state index is 0.0130. The third-order valence-electron chi connectivity index (χ3n) is 3.22. The Morgan fingerprint density at radius 3 is 2.00 bits per heavy atom. The van der Waals surface area contributed by atoms with Crippen molar-refractivity contribution < 1.29 is 10.2 Å². The molecule has 0 aliphatic heterocycles. The van der Waals surface area contributed by atoms with Gasteiger partial charge in [-0.3, -0.25) is 0 Å². The molecule has 0 aromatic rings. The van der Waals surface area contributed by atoms with Crippen LogP contribution >= 0.6 is 0 Å². The number of aliphatic hydroxyl groups is 2. The van der Waals surface area contributed by atoms with E-state index in [1.165, 1.54) is 12.8 Å². The molecule has 4 atom stereocenters. The zero-order valence-corrected chi connectivity index (χ0v) is 10.0. The maximum atomic E-state index is 9.86. The Hall–Kier alpha value is -0.0800. The van der Waals surface area contributed by atoms with E-state index in [1.807, 2.05) is 6.92 Å². The number of rotatable bonds is 7. The number of aliphatic hydroxyl groups excluding tert-OH is 2. The summed E-state index contributed by atoms with van der Waals surface area (Å²) in [5, 5.41) is 19.2. The van der Waals surface area contributed by atoms with Crippen LogP contribution in [0.3, 0.4) is 0 Å². The van der Waals surface area contributed by atoms with Crippen molar-refractivity contribution in [1.29, 1.82) is 0 Å². The summed E-state index contributed by atoms with van der Waals surface area (Å²) in [6.07, 6.45) is 3.54. The molecule has 0 spiro atoms. The van der Waals surface area contributed by atoms with Gasteiger partial charge in [-0.05, 0) is 19.3 Å². The molecule has 0 aliphatic rings. The molecular weight excluding hydrogens is 176 g/mol. The van der Waals surface area contributed by atoms with Crippen molar-refractivity contribution >= 4 is 0 Å². The molecule has 0 radical (unpaired) electrons. The fourth-order valence-electron chi connectivity index (χ4n) is 1.77. The smallest absolute Gasteiger partial charge is 0.0592 e. The van der Waals surface area contributed by atoms with Crippen molar-refractivity contribution in [3.8, 4) is 0 Å². The van der Waals surface area contributed by atoms with Crippen molar-refractivity contribution in [2.24, 2.45) is 11.8 Å². The zero-order valence-electron chi connectivity index (χ0n) is 10.0. The van der Waals surface area contributed by atoms with Crippen LogP contribution in [0.4, 0.5) is 0 Å². The van der Waals surface area contributed by atoms with Crippen LogP contribution < -0.4 is 0 Å². The number of hydrogen-bond acceptors (Lipinski definition) is 2. The normalized spacial score (nSPS) is 20.1. The lowest BCUT2D eigenvalue weighted by atomic mass is 9.87. The molecular formula is C12H26O2. The van der Waals surface area contributed by atoms with Gasteiger partial charge in [-0.25, -0.2) is 0 Å². The minimum Gasteiger partial charge on any atom is -0.393 e. The van der Waals surface area contributed by atoms with Crippen LogP contribution in [0, 0.1) is 11.8 Å². The quantitative estimate of drug-likeness (QED) is 0.666. The first kappa shape index (κ1) is 13.9. The van der Waals surface area contributed by atoms with Crippen molar-refractivity contribution in [2.75, 3.05) is 0 Å². The van der Waals surface area contributed by atoms with E-state index in [4.69, 9.17) is 0 Å². The molecule has 0 rings (SSSR count). The van der Waals surface area contributed by atoms with Gasteiger partial charge in [-0.2, -0.15) is 0 Å². The minimum atomic E-state index is -0.413. The second-order valence-electron chi connectivity index (χ2n) is 4.47. The second-order valence-corrected chi connectivity index (χ2v) is 4.47.